The highest BCUT2D eigenvalue weighted by Crippen LogP contribution is 2.22. The first-order chi connectivity index (χ1) is 7.04. The van der Waals surface area contributed by atoms with Gasteiger partial charge in [0.05, 0.1) is 11.4 Å². The third-order valence-corrected chi connectivity index (χ3v) is 2.26. The Hall–Kier alpha value is -1.16. The molecule has 1 aromatic rings. The maximum absolute atomic E-state index is 13.3. The molecule has 0 amide bonds. The van der Waals surface area contributed by atoms with Crippen LogP contribution in [0.5, 0.6) is 0 Å². The molecule has 4 heteroatoms. The summed E-state index contributed by atoms with van der Waals surface area (Å²) < 4.78 is 26.4. The van der Waals surface area contributed by atoms with E-state index in [1.807, 2.05) is 0 Å². The molecule has 0 fully saturated rings. The van der Waals surface area contributed by atoms with Gasteiger partial charge in [0.15, 0.2) is 0 Å². The maximum Gasteiger partial charge on any atom is 0.147 e. The van der Waals surface area contributed by atoms with Crippen LogP contribution in [0.4, 0.5) is 14.5 Å². The van der Waals surface area contributed by atoms with Gasteiger partial charge in [-0.2, -0.15) is 0 Å². The number of hydrogen-bond acceptors (Lipinski definition) is 1. The molecule has 0 atom stereocenters. The predicted molar refractivity (Wildman–Crippen MR) is 61.7 cm³/mol. The predicted octanol–water partition coefficient (Wildman–Crippen LogP) is 4.39. The molecule has 1 N–H and O–H groups in total. The summed E-state index contributed by atoms with van der Waals surface area (Å²) >= 11 is 3.13. The van der Waals surface area contributed by atoms with E-state index in [1.54, 1.807) is 13.0 Å². The first-order valence-electron chi connectivity index (χ1n) is 4.23. The quantitative estimate of drug-likeness (QED) is 0.806. The molecule has 0 spiro atoms. The fourth-order valence-corrected chi connectivity index (χ4v) is 1.30. The summed E-state index contributed by atoms with van der Waals surface area (Å²) in [5.74, 6) is -0.454. The molecule has 0 saturated heterocycles. The SMILES string of the molecule is C=C(C)/C(=C/F)Nc1ccc(Br)cc1F. The van der Waals surface area contributed by atoms with E-state index >= 15 is 0 Å². The van der Waals surface area contributed by atoms with Crippen LogP contribution in [0.1, 0.15) is 6.92 Å². The third-order valence-electron chi connectivity index (χ3n) is 1.77. The fraction of sp³-hybridized carbons (Fsp3) is 0.0909. The zero-order chi connectivity index (χ0) is 11.4. The van der Waals surface area contributed by atoms with Gasteiger partial charge in [-0.25, -0.2) is 8.78 Å². The Morgan fingerprint density at radius 3 is 2.67 bits per heavy atom. The van der Waals surface area contributed by atoms with E-state index in [1.165, 1.54) is 12.1 Å². The van der Waals surface area contributed by atoms with Crippen molar-refractivity contribution < 1.29 is 8.78 Å². The molecular weight excluding hydrogens is 264 g/mol. The molecule has 0 bridgehead atoms. The lowest BCUT2D eigenvalue weighted by atomic mass is 10.2. The fourth-order valence-electron chi connectivity index (χ4n) is 0.963. The van der Waals surface area contributed by atoms with E-state index in [0.717, 1.165) is 0 Å². The minimum absolute atomic E-state index is 0.163. The summed E-state index contributed by atoms with van der Waals surface area (Å²) in [4.78, 5) is 0. The summed E-state index contributed by atoms with van der Waals surface area (Å²) in [6, 6.07) is 4.49. The molecule has 1 rings (SSSR count). The van der Waals surface area contributed by atoms with Gasteiger partial charge in [0, 0.05) is 4.47 Å². The monoisotopic (exact) mass is 273 g/mol. The number of hydrogen-bond donors (Lipinski definition) is 1. The van der Waals surface area contributed by atoms with Crippen molar-refractivity contribution in [1.29, 1.82) is 0 Å². The Labute approximate surface area is 95.6 Å². The van der Waals surface area contributed by atoms with E-state index in [0.29, 0.717) is 16.4 Å². The molecule has 80 valence electrons. The van der Waals surface area contributed by atoms with Crippen LogP contribution in [0.3, 0.4) is 0 Å². The number of benzene rings is 1. The summed E-state index contributed by atoms with van der Waals surface area (Å²) in [6.07, 6.45) is 0.365. The van der Waals surface area contributed by atoms with Crippen LogP contribution in [0, 0.1) is 5.82 Å². The molecule has 1 aromatic carbocycles. The Kier molecular flexibility index (Phi) is 4.03. The molecule has 0 aliphatic carbocycles. The van der Waals surface area contributed by atoms with E-state index in [9.17, 15) is 8.78 Å². The molecule has 15 heavy (non-hydrogen) atoms. The number of anilines is 1. The van der Waals surface area contributed by atoms with Gasteiger partial charge < -0.3 is 5.32 Å². The van der Waals surface area contributed by atoms with Crippen molar-refractivity contribution in [1.82, 2.24) is 0 Å². The molecule has 0 aliphatic heterocycles. The molecule has 0 aromatic heterocycles. The Balaban J connectivity index is 2.94. The molecular formula is C11H10BrF2N. The number of halogens is 3. The topological polar surface area (TPSA) is 12.0 Å². The van der Waals surface area contributed by atoms with Crippen LogP contribution in [0.2, 0.25) is 0 Å². The normalized spacial score (nSPS) is 11.3. The van der Waals surface area contributed by atoms with Crippen molar-refractivity contribution in [3.63, 3.8) is 0 Å². The van der Waals surface area contributed by atoms with Gasteiger partial charge in [0.25, 0.3) is 0 Å². The Bertz CT molecular complexity index is 413. The standard InChI is InChI=1S/C11H10BrF2N/c1-7(2)11(6-13)15-10-4-3-8(12)5-9(10)14/h3-6,15H,1H2,2H3/b11-6-. The number of allylic oxidation sites excluding steroid dienone is 1. The zero-order valence-corrected chi connectivity index (χ0v) is 9.74. The van der Waals surface area contributed by atoms with Gasteiger partial charge in [-0.05, 0) is 30.7 Å². The highest BCUT2D eigenvalue weighted by Gasteiger charge is 2.05. The average molecular weight is 274 g/mol. The van der Waals surface area contributed by atoms with E-state index in [-0.39, 0.29) is 11.4 Å². The first kappa shape index (κ1) is 11.9. The summed E-state index contributed by atoms with van der Waals surface area (Å²) in [5.41, 5.74) is 0.876. The van der Waals surface area contributed by atoms with Gasteiger partial charge in [-0.3, -0.25) is 0 Å². The Morgan fingerprint density at radius 2 is 2.20 bits per heavy atom. The van der Waals surface area contributed by atoms with E-state index < -0.39 is 5.82 Å². The minimum Gasteiger partial charge on any atom is -0.351 e. The van der Waals surface area contributed by atoms with Gasteiger partial charge in [0.2, 0.25) is 0 Å². The second kappa shape index (κ2) is 5.07. The van der Waals surface area contributed by atoms with Crippen molar-refractivity contribution in [2.75, 3.05) is 5.32 Å². The van der Waals surface area contributed by atoms with Crippen molar-refractivity contribution in [2.45, 2.75) is 6.92 Å². The van der Waals surface area contributed by atoms with Crippen molar-refractivity contribution in [3.05, 3.63) is 52.7 Å². The summed E-state index contributed by atoms with van der Waals surface area (Å²) in [7, 11) is 0. The molecule has 0 unspecified atom stereocenters. The van der Waals surface area contributed by atoms with E-state index in [4.69, 9.17) is 0 Å². The van der Waals surface area contributed by atoms with Crippen LogP contribution < -0.4 is 5.32 Å². The lowest BCUT2D eigenvalue weighted by Gasteiger charge is -2.10. The van der Waals surface area contributed by atoms with Crippen LogP contribution in [0.25, 0.3) is 0 Å². The average Bonchev–Trinajstić information content (AvgIpc) is 2.16. The highest BCUT2D eigenvalue weighted by atomic mass is 79.9. The lowest BCUT2D eigenvalue weighted by Crippen LogP contribution is -2.01. The van der Waals surface area contributed by atoms with Crippen LogP contribution >= 0.6 is 15.9 Å². The summed E-state index contributed by atoms with van der Waals surface area (Å²) in [6.45, 7) is 5.20. The number of nitrogens with one attached hydrogen (secondary N) is 1. The lowest BCUT2D eigenvalue weighted by molar-refractivity contribution is 0.630. The van der Waals surface area contributed by atoms with Crippen molar-refractivity contribution in [2.24, 2.45) is 0 Å². The van der Waals surface area contributed by atoms with Gasteiger partial charge in [0.1, 0.15) is 12.1 Å². The zero-order valence-electron chi connectivity index (χ0n) is 8.15. The Morgan fingerprint density at radius 1 is 1.53 bits per heavy atom. The van der Waals surface area contributed by atoms with Crippen molar-refractivity contribution >= 4 is 21.6 Å². The van der Waals surface area contributed by atoms with Crippen LogP contribution in [-0.4, -0.2) is 0 Å². The van der Waals surface area contributed by atoms with Crippen LogP contribution in [-0.2, 0) is 0 Å². The van der Waals surface area contributed by atoms with Gasteiger partial charge in [-0.15, -0.1) is 0 Å². The highest BCUT2D eigenvalue weighted by molar-refractivity contribution is 9.10. The second-order valence-corrected chi connectivity index (χ2v) is 3.97. The third kappa shape index (κ3) is 3.16. The first-order valence-corrected chi connectivity index (χ1v) is 5.02. The van der Waals surface area contributed by atoms with Crippen molar-refractivity contribution in [3.8, 4) is 0 Å². The van der Waals surface area contributed by atoms with Gasteiger partial charge >= 0.3 is 0 Å². The molecule has 0 saturated carbocycles. The minimum atomic E-state index is -0.454. The molecule has 0 radical (unpaired) electrons. The molecule has 0 heterocycles. The smallest absolute Gasteiger partial charge is 0.147 e. The molecule has 0 aliphatic rings. The second-order valence-electron chi connectivity index (χ2n) is 3.05. The molecule has 1 nitrogen and oxygen atoms in total. The summed E-state index contributed by atoms with van der Waals surface area (Å²) in [5, 5.41) is 2.61. The maximum atomic E-state index is 13.3. The van der Waals surface area contributed by atoms with Crippen LogP contribution in [0.15, 0.2) is 46.9 Å². The number of rotatable bonds is 3. The largest absolute Gasteiger partial charge is 0.351 e. The van der Waals surface area contributed by atoms with Gasteiger partial charge in [-0.1, -0.05) is 22.5 Å². The van der Waals surface area contributed by atoms with E-state index in [2.05, 4.69) is 27.8 Å².